The first-order valence-electron chi connectivity index (χ1n) is 3.51. The molecule has 0 bridgehead atoms. The third kappa shape index (κ3) is 40.5. The zero-order valence-electron chi connectivity index (χ0n) is 9.21. The van der Waals surface area contributed by atoms with Crippen LogP contribution in [0.1, 0.15) is 28.1 Å². The van der Waals surface area contributed by atoms with Gasteiger partial charge in [0.1, 0.15) is 0 Å². The number of hydrogen-bond acceptors (Lipinski definition) is 3. The van der Waals surface area contributed by atoms with Crippen LogP contribution in [0.25, 0.3) is 0 Å². The Labute approximate surface area is 124 Å². The van der Waals surface area contributed by atoms with Crippen molar-refractivity contribution >= 4 is 19.4 Å². The molecule has 0 saturated heterocycles. The van der Waals surface area contributed by atoms with Crippen molar-refractivity contribution < 1.29 is 68.3 Å². The van der Waals surface area contributed by atoms with Gasteiger partial charge in [0.05, 0.1) is 0 Å². The van der Waals surface area contributed by atoms with E-state index in [9.17, 15) is 0 Å². The fourth-order valence-electron chi connectivity index (χ4n) is 0.391. The van der Waals surface area contributed by atoms with Gasteiger partial charge in [0.15, 0.2) is 0 Å². The van der Waals surface area contributed by atoms with Crippen LogP contribution in [0.15, 0.2) is 0 Å². The third-order valence-corrected chi connectivity index (χ3v) is 2.09. The average molecular weight is 221 g/mol. The second kappa shape index (κ2) is 29.3. The van der Waals surface area contributed by atoms with Crippen molar-refractivity contribution in [3.63, 3.8) is 0 Å². The summed E-state index contributed by atoms with van der Waals surface area (Å²) < 4.78 is 0. The topological polar surface area (TPSA) is 72.0 Å². The summed E-state index contributed by atoms with van der Waals surface area (Å²) in [7, 11) is 0. The molecule has 71 valence electrons. The zero-order valence-corrected chi connectivity index (χ0v) is 12.1. The molecule has 0 fully saturated rings. The van der Waals surface area contributed by atoms with Crippen LogP contribution in [0.4, 0.5) is 0 Å². The van der Waals surface area contributed by atoms with Crippen molar-refractivity contribution in [1.82, 2.24) is 0 Å². The van der Waals surface area contributed by atoms with Crippen LogP contribution in [0.5, 0.6) is 0 Å². The molecule has 0 aliphatic heterocycles. The predicted octanol–water partition coefficient (Wildman–Crippen LogP) is -2.66. The second-order valence-electron chi connectivity index (χ2n) is 1.73. The van der Waals surface area contributed by atoms with Gasteiger partial charge in [-0.25, -0.2) is 0 Å². The molecule has 0 aliphatic rings. The maximum absolute atomic E-state index is 7.00. The van der Waals surface area contributed by atoms with Crippen LogP contribution in [-0.4, -0.2) is 34.7 Å². The van der Waals surface area contributed by atoms with Crippen LogP contribution in [0.3, 0.4) is 0 Å². The number of rotatable bonds is 4. The molecule has 0 saturated carbocycles. The number of hydrogen-bond donors (Lipinski definition) is 2. The Hall–Kier alpha value is 1.93. The summed E-state index contributed by atoms with van der Waals surface area (Å²) >= 11 is 2.05. The minimum absolute atomic E-state index is 0. The zero-order chi connectivity index (χ0) is 8.24. The first kappa shape index (κ1) is 23.6. The molecular weight excluding hydrogens is 202 g/mol. The van der Waals surface area contributed by atoms with E-state index in [0.29, 0.717) is 0 Å². The van der Waals surface area contributed by atoms with Crippen molar-refractivity contribution in [3.8, 4) is 0 Å². The predicted molar refractivity (Wildman–Crippen MR) is 52.8 cm³/mol. The average Bonchev–Trinajstić information content (AvgIpc) is 1.91. The van der Waals surface area contributed by atoms with Gasteiger partial charge >= 0.3 is 59.1 Å². The first-order valence-corrected chi connectivity index (χ1v) is 4.66. The minimum atomic E-state index is 0. The summed E-state index contributed by atoms with van der Waals surface area (Å²) in [5.41, 5.74) is 0. The maximum atomic E-state index is 7.00. The molecule has 0 aromatic carbocycles. The van der Waals surface area contributed by atoms with E-state index < -0.39 is 0 Å². The molecule has 0 unspecified atom stereocenters. The Bertz CT molecular complexity index is 54.9. The molecule has 0 aromatic rings. The van der Waals surface area contributed by atoms with Gasteiger partial charge in [0, 0.05) is 0 Å². The summed E-state index contributed by atoms with van der Waals surface area (Å²) in [5, 5.41) is 14.0. The molecule has 4 N–H and O–H groups in total. The smallest absolute Gasteiger partial charge is 1.00 e. The van der Waals surface area contributed by atoms with E-state index in [0.717, 1.165) is 0 Å². The third-order valence-electron chi connectivity index (χ3n) is 0.697. The number of thioether (sulfide) groups is 1. The molecule has 3 nitrogen and oxygen atoms in total. The Morgan fingerprint density at radius 3 is 1.58 bits per heavy atom. The largest absolute Gasteiger partial charge is 1.00 e. The normalized spacial score (nSPS) is 6.67. The fraction of sp³-hybridized carbons (Fsp3) is 1.00. The first-order chi connectivity index (χ1) is 4.83. The van der Waals surface area contributed by atoms with Gasteiger partial charge in [-0.1, -0.05) is 13.8 Å². The van der Waals surface area contributed by atoms with E-state index in [2.05, 4.69) is 25.6 Å². The molecule has 0 rings (SSSR count). The van der Waals surface area contributed by atoms with Crippen molar-refractivity contribution in [1.29, 1.82) is 0 Å². The summed E-state index contributed by atoms with van der Waals surface area (Å²) in [6.45, 7) is 4.45. The minimum Gasteiger partial charge on any atom is -1.00 e. The van der Waals surface area contributed by atoms with E-state index in [1.54, 1.807) is 0 Å². The fourth-order valence-corrected chi connectivity index (χ4v) is 1.17. The van der Waals surface area contributed by atoms with Crippen molar-refractivity contribution in [2.75, 3.05) is 11.5 Å². The Morgan fingerprint density at radius 1 is 1.17 bits per heavy atom. The van der Waals surface area contributed by atoms with Gasteiger partial charge in [0.2, 0.25) is 0 Å². The molecule has 0 heterocycles. The monoisotopic (exact) mass is 221 g/mol. The van der Waals surface area contributed by atoms with E-state index >= 15 is 0 Å². The Morgan fingerprint density at radius 2 is 1.42 bits per heavy atom. The van der Waals surface area contributed by atoms with E-state index in [4.69, 9.17) is 10.0 Å². The van der Waals surface area contributed by atoms with E-state index in [-0.39, 0.29) is 66.0 Å². The van der Waals surface area contributed by atoms with Gasteiger partial charge in [-0.05, 0) is 24.3 Å². The van der Waals surface area contributed by atoms with Crippen LogP contribution < -0.4 is 51.4 Å². The second-order valence-corrected chi connectivity index (χ2v) is 2.95. The molecule has 0 spiro atoms. The molecule has 1 radical (unpaired) electrons. The van der Waals surface area contributed by atoms with Gasteiger partial charge in [-0.15, -0.1) is 0 Å². The summed E-state index contributed by atoms with van der Waals surface area (Å²) in [5.74, 6) is 2.68. The Balaban J connectivity index is -0.0000000320. The SMILES string of the molecule is CCCSCCC.O.O[B]O.[H-].[K+]. The van der Waals surface area contributed by atoms with Crippen LogP contribution in [0, 0.1) is 0 Å². The van der Waals surface area contributed by atoms with E-state index in [1.165, 1.54) is 24.3 Å². The van der Waals surface area contributed by atoms with Gasteiger partial charge in [-0.3, -0.25) is 0 Å². The van der Waals surface area contributed by atoms with Crippen LogP contribution >= 0.6 is 11.8 Å². The summed E-state index contributed by atoms with van der Waals surface area (Å²) in [4.78, 5) is 0. The molecule has 0 atom stereocenters. The van der Waals surface area contributed by atoms with Crippen LogP contribution in [-0.2, 0) is 0 Å². The van der Waals surface area contributed by atoms with E-state index in [1.807, 2.05) is 0 Å². The maximum Gasteiger partial charge on any atom is 1.00 e. The van der Waals surface area contributed by atoms with Gasteiger partial charge in [0.25, 0.3) is 0 Å². The molecular formula is C6H19BKO3S. The summed E-state index contributed by atoms with van der Waals surface area (Å²) in [6.07, 6.45) is 2.65. The molecule has 0 aliphatic carbocycles. The molecule has 6 heteroatoms. The van der Waals surface area contributed by atoms with Gasteiger partial charge < -0.3 is 17.0 Å². The van der Waals surface area contributed by atoms with Gasteiger partial charge in [-0.2, -0.15) is 11.8 Å². The Kier molecular flexibility index (Phi) is 57.6. The quantitative estimate of drug-likeness (QED) is 0.402. The van der Waals surface area contributed by atoms with Crippen molar-refractivity contribution in [2.45, 2.75) is 26.7 Å². The van der Waals surface area contributed by atoms with Crippen LogP contribution in [0.2, 0.25) is 0 Å². The summed E-state index contributed by atoms with van der Waals surface area (Å²) in [6, 6.07) is 0. The molecule has 0 aromatic heterocycles. The molecule has 12 heavy (non-hydrogen) atoms. The van der Waals surface area contributed by atoms with Crippen molar-refractivity contribution in [3.05, 3.63) is 0 Å². The molecule has 0 amide bonds. The standard InChI is InChI=1S/C6H14S.BH2O2.K.H2O.H/c1-3-5-7-6-4-2;2-1-3;;;/h3-6H2,1-2H3;2-3H;;1H2;/q;;+1;;-1. The van der Waals surface area contributed by atoms with Crippen molar-refractivity contribution in [2.24, 2.45) is 0 Å².